The van der Waals surface area contributed by atoms with Crippen LogP contribution in [0, 0.1) is 6.92 Å². The quantitative estimate of drug-likeness (QED) is 0.773. The van der Waals surface area contributed by atoms with E-state index in [4.69, 9.17) is 5.73 Å². The van der Waals surface area contributed by atoms with Crippen LogP contribution < -0.4 is 11.1 Å². The Morgan fingerprint density at radius 3 is 2.70 bits per heavy atom. The number of nitrogens with two attached hydrogens (primary N) is 1. The van der Waals surface area contributed by atoms with E-state index < -0.39 is 10.0 Å². The first-order chi connectivity index (χ1) is 9.32. The second kappa shape index (κ2) is 5.41. The number of nitrogen functional groups attached to an aromatic ring is 1. The first kappa shape index (κ1) is 14.8. The van der Waals surface area contributed by atoms with Crippen molar-refractivity contribution in [2.24, 2.45) is 0 Å². The van der Waals surface area contributed by atoms with E-state index in [9.17, 15) is 13.2 Å². The molecule has 1 amide bonds. The second-order valence-corrected chi connectivity index (χ2v) is 7.09. The summed E-state index contributed by atoms with van der Waals surface area (Å²) in [5.41, 5.74) is 6.65. The van der Waals surface area contributed by atoms with Crippen LogP contribution in [0.3, 0.4) is 0 Å². The molecule has 0 radical (unpaired) electrons. The number of rotatable bonds is 5. The van der Waals surface area contributed by atoms with Gasteiger partial charge in [0.2, 0.25) is 15.9 Å². The lowest BCUT2D eigenvalue weighted by molar-refractivity contribution is -0.121. The minimum absolute atomic E-state index is 0.138. The van der Waals surface area contributed by atoms with Crippen LogP contribution in [0.4, 0.5) is 5.69 Å². The fourth-order valence-corrected chi connectivity index (χ4v) is 3.25. The highest BCUT2D eigenvalue weighted by atomic mass is 32.2. The van der Waals surface area contributed by atoms with E-state index in [-0.39, 0.29) is 23.4 Å². The van der Waals surface area contributed by atoms with E-state index in [1.165, 1.54) is 13.1 Å². The Balaban J connectivity index is 2.16. The first-order valence-corrected chi connectivity index (χ1v) is 7.87. The van der Waals surface area contributed by atoms with Crippen molar-refractivity contribution in [2.75, 3.05) is 19.3 Å². The Hall–Kier alpha value is -1.60. The summed E-state index contributed by atoms with van der Waals surface area (Å²) in [7, 11) is -2.32. The Bertz CT molecular complexity index is 624. The summed E-state index contributed by atoms with van der Waals surface area (Å²) in [5.74, 6) is -0.278. The lowest BCUT2D eigenvalue weighted by Crippen LogP contribution is -2.39. The highest BCUT2D eigenvalue weighted by Crippen LogP contribution is 2.23. The number of sulfonamides is 1. The lowest BCUT2D eigenvalue weighted by atomic mass is 10.2. The third-order valence-corrected chi connectivity index (χ3v) is 5.27. The zero-order valence-electron chi connectivity index (χ0n) is 11.6. The molecule has 0 spiro atoms. The molecule has 1 saturated carbocycles. The molecule has 6 nitrogen and oxygen atoms in total. The summed E-state index contributed by atoms with van der Waals surface area (Å²) in [4.78, 5) is 11.8. The predicted molar refractivity (Wildman–Crippen MR) is 76.6 cm³/mol. The van der Waals surface area contributed by atoms with Crippen molar-refractivity contribution in [2.45, 2.75) is 30.7 Å². The van der Waals surface area contributed by atoms with Crippen molar-refractivity contribution in [3.05, 3.63) is 23.8 Å². The van der Waals surface area contributed by atoms with Crippen molar-refractivity contribution in [3.8, 4) is 0 Å². The Labute approximate surface area is 119 Å². The summed E-state index contributed by atoms with van der Waals surface area (Å²) in [5, 5.41) is 2.76. The van der Waals surface area contributed by atoms with Crippen LogP contribution >= 0.6 is 0 Å². The molecular weight excluding hydrogens is 278 g/mol. The molecule has 0 bridgehead atoms. The minimum Gasteiger partial charge on any atom is -0.398 e. The van der Waals surface area contributed by atoms with Gasteiger partial charge in [-0.1, -0.05) is 6.07 Å². The topological polar surface area (TPSA) is 92.5 Å². The van der Waals surface area contributed by atoms with Crippen molar-refractivity contribution < 1.29 is 13.2 Å². The molecular formula is C13H19N3O3S. The fourth-order valence-electron chi connectivity index (χ4n) is 1.87. The summed E-state index contributed by atoms with van der Waals surface area (Å²) >= 11 is 0. The summed E-state index contributed by atoms with van der Waals surface area (Å²) in [6, 6.07) is 4.95. The molecule has 7 heteroatoms. The zero-order valence-corrected chi connectivity index (χ0v) is 12.4. The van der Waals surface area contributed by atoms with Crippen LogP contribution in [0.5, 0.6) is 0 Å². The average molecular weight is 297 g/mol. The fraction of sp³-hybridized carbons (Fsp3) is 0.462. The standard InChI is InChI=1S/C13H19N3O3S/c1-9-11(14)4-3-5-12(9)20(18,19)16(2)8-13(17)15-10-6-7-10/h3-5,10H,6-8,14H2,1-2H3,(H,15,17). The van der Waals surface area contributed by atoms with Gasteiger partial charge in [-0.3, -0.25) is 4.79 Å². The van der Waals surface area contributed by atoms with Gasteiger partial charge >= 0.3 is 0 Å². The maximum absolute atomic E-state index is 12.4. The summed E-state index contributed by atoms with van der Waals surface area (Å²) < 4.78 is 25.9. The van der Waals surface area contributed by atoms with Crippen molar-refractivity contribution in [1.29, 1.82) is 0 Å². The molecule has 0 heterocycles. The maximum Gasteiger partial charge on any atom is 0.243 e. The zero-order chi connectivity index (χ0) is 14.9. The number of anilines is 1. The van der Waals surface area contributed by atoms with Gasteiger partial charge < -0.3 is 11.1 Å². The van der Waals surface area contributed by atoms with E-state index >= 15 is 0 Å². The van der Waals surface area contributed by atoms with E-state index in [1.54, 1.807) is 19.1 Å². The van der Waals surface area contributed by atoms with Crippen LogP contribution in [0.15, 0.2) is 23.1 Å². The Morgan fingerprint density at radius 1 is 1.45 bits per heavy atom. The molecule has 110 valence electrons. The van der Waals surface area contributed by atoms with E-state index in [0.29, 0.717) is 11.3 Å². The van der Waals surface area contributed by atoms with Gasteiger partial charge in [0, 0.05) is 18.8 Å². The van der Waals surface area contributed by atoms with E-state index in [0.717, 1.165) is 17.1 Å². The van der Waals surface area contributed by atoms with Gasteiger partial charge in [0.1, 0.15) is 0 Å². The molecule has 0 saturated heterocycles. The lowest BCUT2D eigenvalue weighted by Gasteiger charge is -2.18. The molecule has 0 aromatic heterocycles. The van der Waals surface area contributed by atoms with Crippen LogP contribution in [0.1, 0.15) is 18.4 Å². The van der Waals surface area contributed by atoms with Gasteiger partial charge in [0.05, 0.1) is 11.4 Å². The normalized spacial score (nSPS) is 15.3. The van der Waals surface area contributed by atoms with Crippen LogP contribution in [-0.2, 0) is 14.8 Å². The molecule has 2 rings (SSSR count). The second-order valence-electron chi connectivity index (χ2n) is 5.07. The summed E-state index contributed by atoms with van der Waals surface area (Å²) in [6.45, 7) is 1.47. The third-order valence-electron chi connectivity index (χ3n) is 3.32. The molecule has 1 fully saturated rings. The smallest absolute Gasteiger partial charge is 0.243 e. The molecule has 1 aromatic carbocycles. The number of carbonyl (C=O) groups excluding carboxylic acids is 1. The molecule has 1 aromatic rings. The average Bonchev–Trinajstić information content (AvgIpc) is 3.16. The first-order valence-electron chi connectivity index (χ1n) is 6.43. The highest BCUT2D eigenvalue weighted by Gasteiger charge is 2.28. The number of nitrogens with one attached hydrogen (secondary N) is 1. The molecule has 3 N–H and O–H groups in total. The monoisotopic (exact) mass is 297 g/mol. The third kappa shape index (κ3) is 3.10. The van der Waals surface area contributed by atoms with Gasteiger partial charge in [-0.2, -0.15) is 4.31 Å². The van der Waals surface area contributed by atoms with Gasteiger partial charge in [0.25, 0.3) is 0 Å². The number of carbonyl (C=O) groups is 1. The minimum atomic E-state index is -3.71. The van der Waals surface area contributed by atoms with E-state index in [2.05, 4.69) is 5.32 Å². The maximum atomic E-state index is 12.4. The van der Waals surface area contributed by atoms with Crippen LogP contribution in [0.2, 0.25) is 0 Å². The van der Waals surface area contributed by atoms with Crippen LogP contribution in [0.25, 0.3) is 0 Å². The number of nitrogens with zero attached hydrogens (tertiary/aromatic N) is 1. The van der Waals surface area contributed by atoms with Crippen LogP contribution in [-0.4, -0.2) is 38.3 Å². The molecule has 1 aliphatic rings. The predicted octanol–water partition coefficient (Wildman–Crippen LogP) is 0.476. The van der Waals surface area contributed by atoms with Crippen molar-refractivity contribution in [3.63, 3.8) is 0 Å². The van der Waals surface area contributed by atoms with Crippen molar-refractivity contribution in [1.82, 2.24) is 9.62 Å². The molecule has 0 atom stereocenters. The number of benzene rings is 1. The van der Waals surface area contributed by atoms with Gasteiger partial charge in [-0.15, -0.1) is 0 Å². The van der Waals surface area contributed by atoms with Gasteiger partial charge in [-0.25, -0.2) is 8.42 Å². The Morgan fingerprint density at radius 2 is 2.10 bits per heavy atom. The molecule has 20 heavy (non-hydrogen) atoms. The number of amides is 1. The summed E-state index contributed by atoms with van der Waals surface area (Å²) in [6.07, 6.45) is 1.94. The molecule has 0 unspecified atom stereocenters. The number of likely N-dealkylation sites (N-methyl/N-ethyl adjacent to an activating group) is 1. The SMILES string of the molecule is Cc1c(N)cccc1S(=O)(=O)N(C)CC(=O)NC1CC1. The number of hydrogen-bond donors (Lipinski definition) is 2. The van der Waals surface area contributed by atoms with Crippen molar-refractivity contribution >= 4 is 21.6 Å². The highest BCUT2D eigenvalue weighted by molar-refractivity contribution is 7.89. The van der Waals surface area contributed by atoms with Gasteiger partial charge in [-0.05, 0) is 37.5 Å². The number of hydrogen-bond acceptors (Lipinski definition) is 4. The Kier molecular flexibility index (Phi) is 4.01. The largest absolute Gasteiger partial charge is 0.398 e. The van der Waals surface area contributed by atoms with E-state index in [1.807, 2.05) is 0 Å². The molecule has 1 aliphatic carbocycles. The molecule has 0 aliphatic heterocycles. The van der Waals surface area contributed by atoms with Gasteiger partial charge in [0.15, 0.2) is 0 Å².